The van der Waals surface area contributed by atoms with Crippen LogP contribution >= 0.6 is 29.6 Å². The third-order valence-electron chi connectivity index (χ3n) is 1.48. The monoisotopic (exact) mass is 276 g/mol. The van der Waals surface area contributed by atoms with Crippen LogP contribution in [0.25, 0.3) is 0 Å². The fourth-order valence-electron chi connectivity index (χ4n) is 0.494. The van der Waals surface area contributed by atoms with E-state index in [-0.39, 0.29) is 8.44 Å². The summed E-state index contributed by atoms with van der Waals surface area (Å²) in [7, 11) is 4.28. The lowest BCUT2D eigenvalue weighted by atomic mass is 10.8. The van der Waals surface area contributed by atoms with Crippen LogP contribution in [0.1, 0.15) is 13.8 Å². The first-order chi connectivity index (χ1) is 4.63. The fourth-order valence-corrected chi connectivity index (χ4v) is 3.31. The molecule has 0 amide bonds. The van der Waals surface area contributed by atoms with Gasteiger partial charge in [0, 0.05) is 34.3 Å². The molecule has 0 bridgehead atoms. The Balaban J connectivity index is 3.69. The van der Waals surface area contributed by atoms with Crippen LogP contribution < -0.4 is 0 Å². The highest BCUT2D eigenvalue weighted by atomic mass is 127. The molecule has 2 nitrogen and oxygen atoms in total. The van der Waals surface area contributed by atoms with E-state index in [1.165, 1.54) is 0 Å². The van der Waals surface area contributed by atoms with Gasteiger partial charge in [0.05, 0.1) is 0 Å². The summed E-state index contributed by atoms with van der Waals surface area (Å²) >= 11 is 2.51. The first-order valence-corrected chi connectivity index (χ1v) is 7.54. The third kappa shape index (κ3) is 3.41. The second-order valence-corrected chi connectivity index (χ2v) is 6.62. The number of rotatable bonds is 4. The minimum atomic E-state index is -0.0665. The van der Waals surface area contributed by atoms with Gasteiger partial charge < -0.3 is 0 Å². The molecule has 4 heteroatoms. The molecule has 0 radical (unpaired) electrons. The molecule has 0 aromatic heterocycles. The SMILES string of the molecule is CCN(C)[SH](I)N(C)CC. The zero-order valence-corrected chi connectivity index (χ0v) is 10.2. The number of nitrogens with zero attached hydrogens (tertiary/aromatic N) is 2. The van der Waals surface area contributed by atoms with Crippen LogP contribution in [0.15, 0.2) is 0 Å². The van der Waals surface area contributed by atoms with Gasteiger partial charge in [-0.25, -0.2) is 0 Å². The van der Waals surface area contributed by atoms with Crippen molar-refractivity contribution < 1.29 is 0 Å². The average molecular weight is 276 g/mol. The molecule has 0 heterocycles. The molecule has 0 aromatic rings. The maximum absolute atomic E-state index is 2.51. The lowest BCUT2D eigenvalue weighted by molar-refractivity contribution is 0.525. The molecule has 0 N–H and O–H groups in total. The standard InChI is InChI=1S/C6H17IN2S/c1-5-8(3)10(7)9(4)6-2/h10H,5-6H2,1-4H3. The second kappa shape index (κ2) is 5.62. The Morgan fingerprint density at radius 1 is 1.10 bits per heavy atom. The predicted octanol–water partition coefficient (Wildman–Crippen LogP) is 2.07. The molecule has 0 saturated carbocycles. The largest absolute Gasteiger partial charge is 0.254 e. The molecule has 64 valence electrons. The quantitative estimate of drug-likeness (QED) is 0.620. The molecule has 0 aliphatic carbocycles. The summed E-state index contributed by atoms with van der Waals surface area (Å²) in [6.45, 7) is 6.66. The summed E-state index contributed by atoms with van der Waals surface area (Å²) in [4.78, 5) is 0. The minimum Gasteiger partial charge on any atom is -0.254 e. The van der Waals surface area contributed by atoms with Crippen molar-refractivity contribution in [2.75, 3.05) is 27.2 Å². The molecule has 0 atom stereocenters. The number of halogens is 1. The van der Waals surface area contributed by atoms with Crippen molar-refractivity contribution in [3.05, 3.63) is 0 Å². The van der Waals surface area contributed by atoms with Gasteiger partial charge in [-0.3, -0.25) is 8.61 Å². The van der Waals surface area contributed by atoms with Gasteiger partial charge in [-0.15, -0.1) is 0 Å². The molecule has 0 aliphatic rings. The van der Waals surface area contributed by atoms with Gasteiger partial charge in [0.25, 0.3) is 0 Å². The number of thiol groups is 1. The third-order valence-corrected chi connectivity index (χ3v) is 7.59. The molecule has 0 unspecified atom stereocenters. The summed E-state index contributed by atoms with van der Waals surface area (Å²) in [5.74, 6) is 0. The molecular weight excluding hydrogens is 259 g/mol. The molecule has 0 rings (SSSR count). The molecule has 10 heavy (non-hydrogen) atoms. The van der Waals surface area contributed by atoms with Gasteiger partial charge in [-0.05, 0) is 14.1 Å². The van der Waals surface area contributed by atoms with Crippen LogP contribution in [0.2, 0.25) is 0 Å². The van der Waals surface area contributed by atoms with E-state index in [1.807, 2.05) is 0 Å². The highest BCUT2D eigenvalue weighted by molar-refractivity contribution is 14.2. The maximum atomic E-state index is 2.51. The van der Waals surface area contributed by atoms with Crippen LogP contribution in [-0.2, 0) is 0 Å². The van der Waals surface area contributed by atoms with Crippen molar-refractivity contribution in [1.29, 1.82) is 0 Å². The van der Waals surface area contributed by atoms with Gasteiger partial charge >= 0.3 is 0 Å². The van der Waals surface area contributed by atoms with Crippen molar-refractivity contribution in [2.24, 2.45) is 0 Å². The first kappa shape index (κ1) is 11.0. The second-order valence-electron chi connectivity index (χ2n) is 2.19. The highest BCUT2D eigenvalue weighted by Crippen LogP contribution is 2.39. The van der Waals surface area contributed by atoms with Gasteiger partial charge in [0.2, 0.25) is 0 Å². The summed E-state index contributed by atoms with van der Waals surface area (Å²) in [5, 5.41) is 0. The van der Waals surface area contributed by atoms with Crippen LogP contribution in [-0.4, -0.2) is 35.8 Å². The lowest BCUT2D eigenvalue weighted by Crippen LogP contribution is -2.22. The Labute approximate surface area is 79.2 Å². The van der Waals surface area contributed by atoms with Crippen molar-refractivity contribution in [3.63, 3.8) is 0 Å². The minimum absolute atomic E-state index is 0.0665. The predicted molar refractivity (Wildman–Crippen MR) is 59.6 cm³/mol. The molecular formula is C6H17IN2S. The van der Waals surface area contributed by atoms with Gasteiger partial charge in [0.1, 0.15) is 0 Å². The van der Waals surface area contributed by atoms with Crippen LogP contribution in [0.3, 0.4) is 0 Å². The van der Waals surface area contributed by atoms with Gasteiger partial charge in [-0.1, -0.05) is 22.3 Å². The Hall–Kier alpha value is 1.00. The van der Waals surface area contributed by atoms with E-state index >= 15 is 0 Å². The van der Waals surface area contributed by atoms with Crippen LogP contribution in [0, 0.1) is 0 Å². The summed E-state index contributed by atoms with van der Waals surface area (Å²) in [5.41, 5.74) is 0. The van der Waals surface area contributed by atoms with E-state index in [0.29, 0.717) is 0 Å². The lowest BCUT2D eigenvalue weighted by Gasteiger charge is -2.32. The number of hydrogen-bond donors (Lipinski definition) is 1. The van der Waals surface area contributed by atoms with Crippen LogP contribution in [0.4, 0.5) is 0 Å². The van der Waals surface area contributed by atoms with Gasteiger partial charge in [0.15, 0.2) is 0 Å². The van der Waals surface area contributed by atoms with Crippen molar-refractivity contribution in [2.45, 2.75) is 13.8 Å². The smallest absolute Gasteiger partial charge is 0.00584 e. The highest BCUT2D eigenvalue weighted by Gasteiger charge is 2.07. The Bertz CT molecular complexity index is 81.8. The van der Waals surface area contributed by atoms with Crippen LogP contribution in [0.5, 0.6) is 0 Å². The van der Waals surface area contributed by atoms with Crippen molar-refractivity contribution >= 4 is 29.6 Å². The molecule has 0 spiro atoms. The van der Waals surface area contributed by atoms with E-state index in [0.717, 1.165) is 13.1 Å². The summed E-state index contributed by atoms with van der Waals surface area (Å²) in [6.07, 6.45) is 0. The van der Waals surface area contributed by atoms with E-state index in [9.17, 15) is 0 Å². The Morgan fingerprint density at radius 2 is 1.40 bits per heavy atom. The van der Waals surface area contributed by atoms with E-state index in [4.69, 9.17) is 0 Å². The van der Waals surface area contributed by atoms with E-state index in [2.05, 4.69) is 57.8 Å². The maximum Gasteiger partial charge on any atom is 0.00584 e. The zero-order valence-electron chi connectivity index (χ0n) is 7.13. The molecule has 0 aliphatic heterocycles. The topological polar surface area (TPSA) is 6.48 Å². The van der Waals surface area contributed by atoms with E-state index in [1.54, 1.807) is 0 Å². The zero-order chi connectivity index (χ0) is 8.15. The summed E-state index contributed by atoms with van der Waals surface area (Å²) in [6, 6.07) is 0. The van der Waals surface area contributed by atoms with E-state index < -0.39 is 0 Å². The van der Waals surface area contributed by atoms with Crippen molar-refractivity contribution in [3.8, 4) is 0 Å². The normalized spacial score (nSPS) is 12.9. The molecule has 0 saturated heterocycles. The van der Waals surface area contributed by atoms with Crippen molar-refractivity contribution in [1.82, 2.24) is 8.61 Å². The Morgan fingerprint density at radius 3 is 1.60 bits per heavy atom. The van der Waals surface area contributed by atoms with Gasteiger partial charge in [-0.2, -0.15) is 0 Å². The molecule has 0 aromatic carbocycles. The fraction of sp³-hybridized carbons (Fsp3) is 1.00. The summed E-state index contributed by atoms with van der Waals surface area (Å²) < 4.78 is 4.75. The first-order valence-electron chi connectivity index (χ1n) is 3.51. The average Bonchev–Trinajstić information content (AvgIpc) is 2.00. The number of hydrogen-bond acceptors (Lipinski definition) is 2. The molecule has 0 fully saturated rings. The Kier molecular flexibility index (Phi) is 6.19.